The molecule has 2 amide bonds. The number of hydrogen-bond donors (Lipinski definition) is 3. The van der Waals surface area contributed by atoms with Gasteiger partial charge in [0.25, 0.3) is 0 Å². The second-order valence-corrected chi connectivity index (χ2v) is 8.95. The second kappa shape index (κ2) is 10.3. The first-order valence-electron chi connectivity index (χ1n) is 11.7. The third-order valence-corrected chi connectivity index (χ3v) is 6.61. The molecule has 0 aromatic heterocycles. The zero-order valence-corrected chi connectivity index (χ0v) is 19.1. The topological polar surface area (TPSA) is 116 Å². The summed E-state index contributed by atoms with van der Waals surface area (Å²) in [5, 5.41) is 21.9. The monoisotopic (exact) mass is 466 g/mol. The van der Waals surface area contributed by atoms with Crippen molar-refractivity contribution in [3.8, 4) is 11.1 Å². The summed E-state index contributed by atoms with van der Waals surface area (Å²) in [6.45, 7) is 2.10. The zero-order chi connectivity index (χ0) is 24.2. The number of nitrogens with zero attached hydrogens (tertiary/aromatic N) is 1. The van der Waals surface area contributed by atoms with E-state index in [1.165, 1.54) is 4.90 Å². The number of nitrogens with one attached hydrogen (secondary N) is 1. The minimum Gasteiger partial charge on any atom is -0.480 e. The van der Waals surface area contributed by atoms with Crippen molar-refractivity contribution in [3.05, 3.63) is 59.7 Å². The van der Waals surface area contributed by atoms with E-state index >= 15 is 0 Å². The van der Waals surface area contributed by atoms with E-state index in [1.54, 1.807) is 0 Å². The van der Waals surface area contributed by atoms with Crippen LogP contribution in [-0.4, -0.2) is 64.4 Å². The van der Waals surface area contributed by atoms with E-state index in [9.17, 15) is 24.6 Å². The van der Waals surface area contributed by atoms with Crippen LogP contribution < -0.4 is 5.32 Å². The van der Waals surface area contributed by atoms with Crippen LogP contribution in [0.5, 0.6) is 0 Å². The highest BCUT2D eigenvalue weighted by Gasteiger charge is 2.39. The van der Waals surface area contributed by atoms with Crippen LogP contribution in [0.15, 0.2) is 48.5 Å². The van der Waals surface area contributed by atoms with E-state index in [0.717, 1.165) is 28.7 Å². The molecule has 180 valence electrons. The van der Waals surface area contributed by atoms with Gasteiger partial charge in [0.15, 0.2) is 0 Å². The number of rotatable bonds is 8. The van der Waals surface area contributed by atoms with E-state index < -0.39 is 36.2 Å². The third kappa shape index (κ3) is 4.92. The molecule has 2 aromatic carbocycles. The van der Waals surface area contributed by atoms with Crippen LogP contribution in [0.1, 0.15) is 49.7 Å². The average Bonchev–Trinajstić information content (AvgIpc) is 3.36. The lowest BCUT2D eigenvalue weighted by Gasteiger charge is -2.25. The number of aliphatic carboxylic acids is 1. The predicted molar refractivity (Wildman–Crippen MR) is 125 cm³/mol. The number of β-amino-alcohol motifs (C(OH)–C–C–N with tert-alkyl or cyclic N) is 1. The van der Waals surface area contributed by atoms with Gasteiger partial charge in [-0.1, -0.05) is 61.9 Å². The molecule has 0 radical (unpaired) electrons. The van der Waals surface area contributed by atoms with Crippen LogP contribution in [0.4, 0.5) is 4.79 Å². The molecule has 3 N–H and O–H groups in total. The average molecular weight is 467 g/mol. The SMILES string of the molecule is CCC[C@H](CC(=O)N1CC(O)CC1C(=O)O)NC(=O)OCC1c2ccccc2-c2ccccc21. The van der Waals surface area contributed by atoms with E-state index in [4.69, 9.17) is 4.74 Å². The molecule has 4 rings (SSSR count). The lowest BCUT2D eigenvalue weighted by atomic mass is 9.98. The van der Waals surface area contributed by atoms with Gasteiger partial charge in [-0.2, -0.15) is 0 Å². The van der Waals surface area contributed by atoms with Gasteiger partial charge in [-0.25, -0.2) is 9.59 Å². The molecule has 1 heterocycles. The molecule has 1 aliphatic heterocycles. The minimum atomic E-state index is -1.14. The van der Waals surface area contributed by atoms with Gasteiger partial charge in [-0.15, -0.1) is 0 Å². The van der Waals surface area contributed by atoms with Crippen molar-refractivity contribution in [1.29, 1.82) is 0 Å². The Hall–Kier alpha value is -3.39. The Morgan fingerprint density at radius 2 is 1.71 bits per heavy atom. The Kier molecular flexibility index (Phi) is 7.17. The number of alkyl carbamates (subject to hydrolysis) is 1. The number of hydrogen-bond acceptors (Lipinski definition) is 5. The van der Waals surface area contributed by atoms with Crippen LogP contribution in [-0.2, 0) is 14.3 Å². The largest absolute Gasteiger partial charge is 0.480 e. The molecular formula is C26H30N2O6. The molecule has 2 aliphatic rings. The summed E-state index contributed by atoms with van der Waals surface area (Å²) in [4.78, 5) is 38.0. The Morgan fingerprint density at radius 3 is 2.29 bits per heavy atom. The highest BCUT2D eigenvalue weighted by atomic mass is 16.5. The van der Waals surface area contributed by atoms with Crippen LogP contribution in [0, 0.1) is 0 Å². The van der Waals surface area contributed by atoms with Gasteiger partial charge < -0.3 is 25.2 Å². The third-order valence-electron chi connectivity index (χ3n) is 6.61. The fourth-order valence-corrected chi connectivity index (χ4v) is 5.03. The number of likely N-dealkylation sites (tertiary alicyclic amines) is 1. The van der Waals surface area contributed by atoms with Crippen molar-refractivity contribution in [3.63, 3.8) is 0 Å². The fourth-order valence-electron chi connectivity index (χ4n) is 5.03. The lowest BCUT2D eigenvalue weighted by Crippen LogP contribution is -2.45. The summed E-state index contributed by atoms with van der Waals surface area (Å²) in [7, 11) is 0. The van der Waals surface area contributed by atoms with E-state index in [2.05, 4.69) is 17.4 Å². The molecule has 3 atom stereocenters. The fraction of sp³-hybridized carbons (Fsp3) is 0.423. The van der Waals surface area contributed by atoms with Crippen molar-refractivity contribution >= 4 is 18.0 Å². The first kappa shape index (κ1) is 23.8. The highest BCUT2D eigenvalue weighted by Crippen LogP contribution is 2.44. The molecular weight excluding hydrogens is 436 g/mol. The Balaban J connectivity index is 1.37. The van der Waals surface area contributed by atoms with Gasteiger partial charge >= 0.3 is 12.1 Å². The first-order valence-corrected chi connectivity index (χ1v) is 11.7. The van der Waals surface area contributed by atoms with Gasteiger partial charge in [0.1, 0.15) is 12.6 Å². The number of carbonyl (C=O) groups excluding carboxylic acids is 2. The highest BCUT2D eigenvalue weighted by molar-refractivity contribution is 5.85. The van der Waals surface area contributed by atoms with E-state index in [0.29, 0.717) is 6.42 Å². The number of carbonyl (C=O) groups is 3. The molecule has 0 saturated carbocycles. The standard InChI is InChI=1S/C26H30N2O6/c1-2-7-16(12-24(30)28-14-17(29)13-23(28)25(31)32)27-26(33)34-15-22-20-10-5-3-8-18(20)19-9-4-6-11-21(19)22/h3-6,8-11,16-17,22-23,29H,2,7,12-15H2,1H3,(H,27,33)(H,31,32)/t16-,17?,23?/m1/s1. The first-order chi connectivity index (χ1) is 16.4. The summed E-state index contributed by atoms with van der Waals surface area (Å²) in [6.07, 6.45) is -0.223. The Labute approximate surface area is 198 Å². The van der Waals surface area contributed by atoms with Crippen molar-refractivity contribution in [2.24, 2.45) is 0 Å². The van der Waals surface area contributed by atoms with Gasteiger partial charge in [-0.05, 0) is 28.7 Å². The normalized spacial score (nSPS) is 19.9. The van der Waals surface area contributed by atoms with E-state index in [1.807, 2.05) is 43.3 Å². The summed E-state index contributed by atoms with van der Waals surface area (Å²) >= 11 is 0. The molecule has 34 heavy (non-hydrogen) atoms. The quantitative estimate of drug-likeness (QED) is 0.551. The van der Waals surface area contributed by atoms with Crippen molar-refractivity contribution < 1.29 is 29.3 Å². The molecule has 2 unspecified atom stereocenters. The molecule has 8 heteroatoms. The molecule has 0 spiro atoms. The maximum absolute atomic E-state index is 12.8. The number of carboxylic acid groups (broad SMARTS) is 1. The van der Waals surface area contributed by atoms with Gasteiger partial charge in [-0.3, -0.25) is 4.79 Å². The minimum absolute atomic E-state index is 0.0132. The maximum atomic E-state index is 12.8. The number of carboxylic acids is 1. The van der Waals surface area contributed by atoms with Gasteiger partial charge in [0.05, 0.1) is 6.10 Å². The Bertz CT molecular complexity index is 1030. The van der Waals surface area contributed by atoms with Crippen LogP contribution in [0.2, 0.25) is 0 Å². The van der Waals surface area contributed by atoms with Gasteiger partial charge in [0, 0.05) is 31.3 Å². The number of aliphatic hydroxyl groups excluding tert-OH is 1. The Morgan fingerprint density at radius 1 is 1.09 bits per heavy atom. The zero-order valence-electron chi connectivity index (χ0n) is 19.1. The molecule has 2 aromatic rings. The number of aliphatic hydroxyl groups is 1. The lowest BCUT2D eigenvalue weighted by molar-refractivity contribution is -0.148. The van der Waals surface area contributed by atoms with Crippen LogP contribution in [0.25, 0.3) is 11.1 Å². The van der Waals surface area contributed by atoms with Gasteiger partial charge in [0.2, 0.25) is 5.91 Å². The number of benzene rings is 2. The molecule has 1 aliphatic carbocycles. The smallest absolute Gasteiger partial charge is 0.407 e. The molecule has 8 nitrogen and oxygen atoms in total. The molecule has 0 bridgehead atoms. The summed E-state index contributed by atoms with van der Waals surface area (Å²) in [5.74, 6) is -1.60. The van der Waals surface area contributed by atoms with Crippen LogP contribution >= 0.6 is 0 Å². The molecule has 1 fully saturated rings. The molecule has 1 saturated heterocycles. The van der Waals surface area contributed by atoms with Crippen molar-refractivity contribution in [2.45, 2.75) is 56.7 Å². The summed E-state index contributed by atoms with van der Waals surface area (Å²) in [6, 6.07) is 14.6. The van der Waals surface area contributed by atoms with E-state index in [-0.39, 0.29) is 31.9 Å². The summed E-state index contributed by atoms with van der Waals surface area (Å²) < 4.78 is 5.59. The van der Waals surface area contributed by atoms with Crippen molar-refractivity contribution in [1.82, 2.24) is 10.2 Å². The number of amides is 2. The second-order valence-electron chi connectivity index (χ2n) is 8.95. The predicted octanol–water partition coefficient (Wildman–Crippen LogP) is 3.13. The number of ether oxygens (including phenoxy) is 1. The van der Waals surface area contributed by atoms with Crippen LogP contribution in [0.3, 0.4) is 0 Å². The summed E-state index contributed by atoms with van der Waals surface area (Å²) in [5.41, 5.74) is 4.51. The number of fused-ring (bicyclic) bond motifs is 3. The van der Waals surface area contributed by atoms with Crippen molar-refractivity contribution in [2.75, 3.05) is 13.2 Å². The maximum Gasteiger partial charge on any atom is 0.407 e.